The molecule has 0 aromatic heterocycles. The summed E-state index contributed by atoms with van der Waals surface area (Å²) in [7, 11) is 0. The van der Waals surface area contributed by atoms with Gasteiger partial charge in [0.1, 0.15) is 0 Å². The lowest BCUT2D eigenvalue weighted by Crippen LogP contribution is -2.13. The number of carbonyl (C=O) groups excluding carboxylic acids is 1. The van der Waals surface area contributed by atoms with E-state index < -0.39 is 0 Å². The summed E-state index contributed by atoms with van der Waals surface area (Å²) in [6, 6.07) is 8.07. The minimum atomic E-state index is 0.183. The fraction of sp³-hybridized carbons (Fsp3) is 0.533. The van der Waals surface area contributed by atoms with Crippen LogP contribution in [0.2, 0.25) is 0 Å². The zero-order valence-electron chi connectivity index (χ0n) is 10.8. The summed E-state index contributed by atoms with van der Waals surface area (Å²) in [5.41, 5.74) is 2.12. The third kappa shape index (κ3) is 2.94. The van der Waals surface area contributed by atoms with E-state index in [0.29, 0.717) is 11.7 Å². The van der Waals surface area contributed by atoms with Crippen molar-refractivity contribution in [2.75, 3.05) is 0 Å². The van der Waals surface area contributed by atoms with Gasteiger partial charge in [-0.2, -0.15) is 0 Å². The zero-order valence-corrected chi connectivity index (χ0v) is 10.8. The van der Waals surface area contributed by atoms with Crippen molar-refractivity contribution in [1.82, 2.24) is 0 Å². The van der Waals surface area contributed by atoms with Gasteiger partial charge in [-0.25, -0.2) is 0 Å². The number of hydrogen-bond acceptors (Lipinski definition) is 1. The average Bonchev–Trinajstić information content (AvgIpc) is 2.30. The third-order valence-electron chi connectivity index (χ3n) is 3.19. The van der Waals surface area contributed by atoms with Crippen LogP contribution in [0.15, 0.2) is 24.3 Å². The summed E-state index contributed by atoms with van der Waals surface area (Å²) in [5.74, 6) is 0.962. The molecule has 0 N–H and O–H groups in total. The first-order valence-corrected chi connectivity index (χ1v) is 6.24. The van der Waals surface area contributed by atoms with E-state index in [2.05, 4.69) is 33.8 Å². The first-order chi connectivity index (χ1) is 7.60. The summed E-state index contributed by atoms with van der Waals surface area (Å²) in [6.07, 6.45) is 1.86. The smallest absolute Gasteiger partial charge is 0.165 e. The molecule has 1 aromatic carbocycles. The molecule has 0 aliphatic carbocycles. The Hall–Kier alpha value is -1.11. The van der Waals surface area contributed by atoms with Crippen molar-refractivity contribution in [2.24, 2.45) is 5.92 Å². The largest absolute Gasteiger partial charge is 0.294 e. The lowest BCUT2D eigenvalue weighted by atomic mass is 9.91. The van der Waals surface area contributed by atoms with Gasteiger partial charge in [0, 0.05) is 11.5 Å². The fourth-order valence-corrected chi connectivity index (χ4v) is 1.95. The van der Waals surface area contributed by atoms with Crippen molar-refractivity contribution in [3.05, 3.63) is 35.4 Å². The lowest BCUT2D eigenvalue weighted by molar-refractivity contribution is 0.0913. The topological polar surface area (TPSA) is 17.1 Å². The van der Waals surface area contributed by atoms with Crippen molar-refractivity contribution in [3.63, 3.8) is 0 Å². The molecule has 0 radical (unpaired) electrons. The van der Waals surface area contributed by atoms with Crippen LogP contribution in [-0.2, 0) is 0 Å². The monoisotopic (exact) mass is 218 g/mol. The maximum absolute atomic E-state index is 12.2. The number of hydrogen-bond donors (Lipinski definition) is 0. The molecule has 88 valence electrons. The summed E-state index contributed by atoms with van der Waals surface area (Å²) >= 11 is 0. The van der Waals surface area contributed by atoms with Crippen LogP contribution < -0.4 is 0 Å². The molecule has 0 heterocycles. The molecule has 0 aliphatic rings. The van der Waals surface area contributed by atoms with E-state index in [0.717, 1.165) is 18.4 Å². The number of rotatable bonds is 5. The summed E-state index contributed by atoms with van der Waals surface area (Å²) in [5, 5.41) is 0. The highest BCUT2D eigenvalue weighted by Gasteiger charge is 2.16. The molecule has 0 amide bonds. The second-order valence-corrected chi connectivity index (χ2v) is 4.66. The summed E-state index contributed by atoms with van der Waals surface area (Å²) in [4.78, 5) is 12.2. The fourth-order valence-electron chi connectivity index (χ4n) is 1.95. The Morgan fingerprint density at radius 3 is 2.31 bits per heavy atom. The van der Waals surface area contributed by atoms with Gasteiger partial charge in [-0.1, -0.05) is 45.9 Å². The Kier molecular flexibility index (Phi) is 4.72. The van der Waals surface area contributed by atoms with Gasteiger partial charge < -0.3 is 0 Å². The highest BCUT2D eigenvalue weighted by atomic mass is 16.1. The maximum Gasteiger partial charge on any atom is 0.165 e. The molecule has 0 saturated carbocycles. The summed E-state index contributed by atoms with van der Waals surface area (Å²) in [6.45, 7) is 8.47. The van der Waals surface area contributed by atoms with Gasteiger partial charge >= 0.3 is 0 Å². The molecule has 0 saturated heterocycles. The van der Waals surface area contributed by atoms with E-state index in [1.807, 2.05) is 18.2 Å². The van der Waals surface area contributed by atoms with Crippen LogP contribution in [0.25, 0.3) is 0 Å². The van der Waals surface area contributed by atoms with E-state index in [1.165, 1.54) is 5.56 Å². The van der Waals surface area contributed by atoms with Gasteiger partial charge in [-0.15, -0.1) is 0 Å². The number of ketones is 1. The van der Waals surface area contributed by atoms with Gasteiger partial charge in [0.2, 0.25) is 0 Å². The SMILES string of the molecule is CCC(CC)C(=O)c1cccc(C(C)C)c1. The zero-order chi connectivity index (χ0) is 12.1. The molecule has 16 heavy (non-hydrogen) atoms. The molecular formula is C15H22O. The number of Topliss-reactive ketones (excluding diaryl/α,β-unsaturated/α-hetero) is 1. The molecule has 1 aromatic rings. The van der Waals surface area contributed by atoms with E-state index in [9.17, 15) is 4.79 Å². The average molecular weight is 218 g/mol. The van der Waals surface area contributed by atoms with Crippen LogP contribution in [0.5, 0.6) is 0 Å². The molecule has 0 spiro atoms. The van der Waals surface area contributed by atoms with Gasteiger partial charge in [0.05, 0.1) is 0 Å². The molecule has 0 atom stereocenters. The van der Waals surface area contributed by atoms with Crippen LogP contribution in [0, 0.1) is 5.92 Å². The first kappa shape index (κ1) is 13.0. The predicted octanol–water partition coefficient (Wildman–Crippen LogP) is 4.43. The third-order valence-corrected chi connectivity index (χ3v) is 3.19. The Labute approximate surface area is 98.9 Å². The number of benzene rings is 1. The van der Waals surface area contributed by atoms with E-state index in [-0.39, 0.29) is 5.92 Å². The Morgan fingerprint density at radius 1 is 1.19 bits per heavy atom. The molecule has 1 nitrogen and oxygen atoms in total. The highest BCUT2D eigenvalue weighted by Crippen LogP contribution is 2.20. The Morgan fingerprint density at radius 2 is 1.81 bits per heavy atom. The molecule has 0 fully saturated rings. The molecule has 0 aliphatic heterocycles. The quantitative estimate of drug-likeness (QED) is 0.668. The molecule has 1 heteroatoms. The van der Waals surface area contributed by atoms with Crippen LogP contribution in [0.4, 0.5) is 0 Å². The van der Waals surface area contributed by atoms with Crippen molar-refractivity contribution in [1.29, 1.82) is 0 Å². The van der Waals surface area contributed by atoms with Crippen LogP contribution in [-0.4, -0.2) is 5.78 Å². The van der Waals surface area contributed by atoms with Crippen LogP contribution in [0.3, 0.4) is 0 Å². The van der Waals surface area contributed by atoms with E-state index >= 15 is 0 Å². The van der Waals surface area contributed by atoms with Crippen LogP contribution in [0.1, 0.15) is 62.4 Å². The van der Waals surface area contributed by atoms with E-state index in [4.69, 9.17) is 0 Å². The highest BCUT2D eigenvalue weighted by molar-refractivity contribution is 5.97. The minimum Gasteiger partial charge on any atom is -0.294 e. The molecule has 1 rings (SSSR count). The minimum absolute atomic E-state index is 0.183. The van der Waals surface area contributed by atoms with Crippen molar-refractivity contribution in [3.8, 4) is 0 Å². The second kappa shape index (κ2) is 5.83. The second-order valence-electron chi connectivity index (χ2n) is 4.66. The predicted molar refractivity (Wildman–Crippen MR) is 68.9 cm³/mol. The van der Waals surface area contributed by atoms with Gasteiger partial charge in [0.15, 0.2) is 5.78 Å². The van der Waals surface area contributed by atoms with Crippen LogP contribution >= 0.6 is 0 Å². The lowest BCUT2D eigenvalue weighted by Gasteiger charge is -2.12. The van der Waals surface area contributed by atoms with Crippen molar-refractivity contribution < 1.29 is 4.79 Å². The van der Waals surface area contributed by atoms with E-state index in [1.54, 1.807) is 0 Å². The standard InChI is InChI=1S/C15H22O/c1-5-12(6-2)15(16)14-9-7-8-13(10-14)11(3)4/h7-12H,5-6H2,1-4H3. The van der Waals surface area contributed by atoms with Gasteiger partial charge in [0.25, 0.3) is 0 Å². The molecule has 0 bridgehead atoms. The maximum atomic E-state index is 12.2. The van der Waals surface area contributed by atoms with Gasteiger partial charge in [-0.3, -0.25) is 4.79 Å². The van der Waals surface area contributed by atoms with Gasteiger partial charge in [-0.05, 0) is 30.4 Å². The normalized spacial score (nSPS) is 11.1. The van der Waals surface area contributed by atoms with Crippen molar-refractivity contribution >= 4 is 5.78 Å². The molecular weight excluding hydrogens is 196 g/mol. The Bertz CT molecular complexity index is 348. The Balaban J connectivity index is 2.95. The number of carbonyl (C=O) groups is 1. The first-order valence-electron chi connectivity index (χ1n) is 6.24. The van der Waals surface area contributed by atoms with Crippen molar-refractivity contribution in [2.45, 2.75) is 46.5 Å². The molecule has 0 unspecified atom stereocenters. The summed E-state index contributed by atoms with van der Waals surface area (Å²) < 4.78 is 0.